The summed E-state index contributed by atoms with van der Waals surface area (Å²) in [6, 6.07) is 0.0224. The molecule has 3 fully saturated rings. The van der Waals surface area contributed by atoms with Gasteiger partial charge in [-0.2, -0.15) is 0 Å². The SMILES string of the molecule is O=C1N[C@H]2NC(=O)N(C3CCCCC3)[C@@H]2N1. The van der Waals surface area contributed by atoms with E-state index in [1.807, 2.05) is 4.90 Å². The number of nitrogens with zero attached hydrogens (tertiary/aromatic N) is 1. The number of urea groups is 2. The number of rotatable bonds is 1. The van der Waals surface area contributed by atoms with Crippen LogP contribution in [0.2, 0.25) is 0 Å². The van der Waals surface area contributed by atoms with Gasteiger partial charge in [0.1, 0.15) is 12.3 Å². The second kappa shape index (κ2) is 3.54. The van der Waals surface area contributed by atoms with Crippen molar-refractivity contribution in [2.75, 3.05) is 0 Å². The molecule has 0 spiro atoms. The molecule has 0 unspecified atom stereocenters. The van der Waals surface area contributed by atoms with Crippen LogP contribution in [0.25, 0.3) is 0 Å². The molecule has 0 aromatic carbocycles. The van der Waals surface area contributed by atoms with Gasteiger partial charge in [0.05, 0.1) is 0 Å². The molecular formula is C10H16N4O2. The predicted octanol–water partition coefficient (Wildman–Crippen LogP) is 0.309. The van der Waals surface area contributed by atoms with E-state index >= 15 is 0 Å². The van der Waals surface area contributed by atoms with Crippen LogP contribution in [0.4, 0.5) is 9.59 Å². The van der Waals surface area contributed by atoms with E-state index in [9.17, 15) is 9.59 Å². The van der Waals surface area contributed by atoms with E-state index in [4.69, 9.17) is 0 Å². The monoisotopic (exact) mass is 224 g/mol. The van der Waals surface area contributed by atoms with Crippen LogP contribution in [0.3, 0.4) is 0 Å². The first-order valence-corrected chi connectivity index (χ1v) is 5.91. The zero-order valence-electron chi connectivity index (χ0n) is 9.03. The third-order valence-electron chi connectivity index (χ3n) is 3.66. The van der Waals surface area contributed by atoms with E-state index in [0.717, 1.165) is 12.8 Å². The van der Waals surface area contributed by atoms with Gasteiger partial charge in [-0.25, -0.2) is 9.59 Å². The van der Waals surface area contributed by atoms with Crippen LogP contribution in [0, 0.1) is 0 Å². The zero-order chi connectivity index (χ0) is 11.1. The average Bonchev–Trinajstić information content (AvgIpc) is 2.74. The minimum absolute atomic E-state index is 0.0607. The maximum atomic E-state index is 11.8. The Bertz CT molecular complexity index is 327. The highest BCUT2D eigenvalue weighted by molar-refractivity contribution is 5.85. The highest BCUT2D eigenvalue weighted by Crippen LogP contribution is 2.27. The predicted molar refractivity (Wildman–Crippen MR) is 56.5 cm³/mol. The van der Waals surface area contributed by atoms with Crippen molar-refractivity contribution in [3.8, 4) is 0 Å². The smallest absolute Gasteiger partial charge is 0.314 e. The number of fused-ring (bicyclic) bond motifs is 1. The molecule has 0 radical (unpaired) electrons. The number of carbonyl (C=O) groups is 2. The molecule has 16 heavy (non-hydrogen) atoms. The first kappa shape index (κ1) is 9.74. The summed E-state index contributed by atoms with van der Waals surface area (Å²) < 4.78 is 0. The lowest BCUT2D eigenvalue weighted by atomic mass is 9.94. The molecule has 0 bridgehead atoms. The molecule has 2 aliphatic heterocycles. The van der Waals surface area contributed by atoms with E-state index in [2.05, 4.69) is 16.0 Å². The lowest BCUT2D eigenvalue weighted by Crippen LogP contribution is -2.49. The van der Waals surface area contributed by atoms with Crippen LogP contribution >= 0.6 is 0 Å². The first-order valence-electron chi connectivity index (χ1n) is 5.91. The largest absolute Gasteiger partial charge is 0.321 e. The second-order valence-electron chi connectivity index (χ2n) is 4.69. The van der Waals surface area contributed by atoms with Crippen LogP contribution < -0.4 is 16.0 Å². The van der Waals surface area contributed by atoms with Crippen LogP contribution in [0.5, 0.6) is 0 Å². The molecule has 3 N–H and O–H groups in total. The molecule has 0 aromatic rings. The summed E-state index contributed by atoms with van der Waals surface area (Å²) in [5.41, 5.74) is 0. The summed E-state index contributed by atoms with van der Waals surface area (Å²) in [6.07, 6.45) is 5.23. The third kappa shape index (κ3) is 1.40. The second-order valence-corrected chi connectivity index (χ2v) is 4.69. The Morgan fingerprint density at radius 3 is 2.50 bits per heavy atom. The van der Waals surface area contributed by atoms with Gasteiger partial charge in [0.15, 0.2) is 0 Å². The highest BCUT2D eigenvalue weighted by Gasteiger charge is 2.48. The molecule has 3 rings (SSSR count). The van der Waals surface area contributed by atoms with Gasteiger partial charge in [0.25, 0.3) is 0 Å². The fraction of sp³-hybridized carbons (Fsp3) is 0.800. The van der Waals surface area contributed by atoms with Gasteiger partial charge in [0.2, 0.25) is 0 Å². The highest BCUT2D eigenvalue weighted by atomic mass is 16.2. The Morgan fingerprint density at radius 1 is 1.00 bits per heavy atom. The molecule has 0 aromatic heterocycles. The number of carbonyl (C=O) groups excluding carboxylic acids is 2. The molecule has 3 aliphatic rings. The van der Waals surface area contributed by atoms with Crippen molar-refractivity contribution in [1.82, 2.24) is 20.9 Å². The number of hydrogen-bond donors (Lipinski definition) is 3. The fourth-order valence-corrected chi connectivity index (χ4v) is 2.91. The summed E-state index contributed by atoms with van der Waals surface area (Å²) in [7, 11) is 0. The van der Waals surface area contributed by atoms with Gasteiger partial charge in [-0.3, -0.25) is 4.90 Å². The molecule has 6 heteroatoms. The van der Waals surface area contributed by atoms with Crippen molar-refractivity contribution in [2.45, 2.75) is 50.5 Å². The minimum Gasteiger partial charge on any atom is -0.314 e. The van der Waals surface area contributed by atoms with E-state index in [1.165, 1.54) is 19.3 Å². The van der Waals surface area contributed by atoms with Crippen LogP contribution in [-0.2, 0) is 0 Å². The Hall–Kier alpha value is -1.46. The van der Waals surface area contributed by atoms with Gasteiger partial charge in [-0.1, -0.05) is 19.3 Å². The molecule has 2 atom stereocenters. The Labute approximate surface area is 93.7 Å². The minimum atomic E-state index is -0.262. The van der Waals surface area contributed by atoms with Crippen LogP contribution in [0.1, 0.15) is 32.1 Å². The molecule has 2 saturated heterocycles. The van der Waals surface area contributed by atoms with E-state index in [-0.39, 0.29) is 30.4 Å². The number of hydrogen-bond acceptors (Lipinski definition) is 2. The van der Waals surface area contributed by atoms with Crippen molar-refractivity contribution in [2.24, 2.45) is 0 Å². The van der Waals surface area contributed by atoms with Gasteiger partial charge in [0, 0.05) is 6.04 Å². The standard InChI is InChI=1S/C10H16N4O2/c15-9-11-7-8(13-9)14(10(16)12-7)6-4-2-1-3-5-6/h6-8H,1-5H2,(H,12,16)(H2,11,13,15)/t7-,8-/m0/s1. The summed E-state index contributed by atoms with van der Waals surface area (Å²) in [4.78, 5) is 24.8. The van der Waals surface area contributed by atoms with Gasteiger partial charge >= 0.3 is 12.1 Å². The van der Waals surface area contributed by atoms with Crippen LogP contribution in [-0.4, -0.2) is 35.3 Å². The number of nitrogens with one attached hydrogen (secondary N) is 3. The topological polar surface area (TPSA) is 73.5 Å². The van der Waals surface area contributed by atoms with Crippen molar-refractivity contribution in [3.05, 3.63) is 0 Å². The lowest BCUT2D eigenvalue weighted by Gasteiger charge is -2.33. The summed E-state index contributed by atoms with van der Waals surface area (Å²) in [5.74, 6) is 0. The summed E-state index contributed by atoms with van der Waals surface area (Å²) in [5, 5.41) is 8.26. The molecule has 88 valence electrons. The van der Waals surface area contributed by atoms with Crippen molar-refractivity contribution in [3.63, 3.8) is 0 Å². The molecule has 2 heterocycles. The summed E-state index contributed by atoms with van der Waals surface area (Å²) >= 11 is 0. The number of amides is 4. The van der Waals surface area contributed by atoms with Crippen molar-refractivity contribution >= 4 is 12.1 Å². The maximum Gasteiger partial charge on any atom is 0.321 e. The van der Waals surface area contributed by atoms with Gasteiger partial charge in [-0.05, 0) is 12.8 Å². The zero-order valence-corrected chi connectivity index (χ0v) is 9.03. The van der Waals surface area contributed by atoms with Gasteiger partial charge < -0.3 is 16.0 Å². The molecule has 1 aliphatic carbocycles. The molecule has 6 nitrogen and oxygen atoms in total. The van der Waals surface area contributed by atoms with Crippen molar-refractivity contribution < 1.29 is 9.59 Å². The van der Waals surface area contributed by atoms with E-state index < -0.39 is 0 Å². The van der Waals surface area contributed by atoms with E-state index in [1.54, 1.807) is 0 Å². The maximum absolute atomic E-state index is 11.8. The van der Waals surface area contributed by atoms with Gasteiger partial charge in [-0.15, -0.1) is 0 Å². The molecule has 4 amide bonds. The first-order chi connectivity index (χ1) is 7.75. The Balaban J connectivity index is 1.77. The van der Waals surface area contributed by atoms with E-state index in [0.29, 0.717) is 0 Å². The van der Waals surface area contributed by atoms with Crippen LogP contribution in [0.15, 0.2) is 0 Å². The quantitative estimate of drug-likeness (QED) is 0.599. The molecule has 1 saturated carbocycles. The Kier molecular flexibility index (Phi) is 2.15. The molecular weight excluding hydrogens is 208 g/mol. The normalized spacial score (nSPS) is 34.4. The third-order valence-corrected chi connectivity index (χ3v) is 3.66. The average molecular weight is 224 g/mol. The van der Waals surface area contributed by atoms with Crippen molar-refractivity contribution in [1.29, 1.82) is 0 Å². The fourth-order valence-electron chi connectivity index (χ4n) is 2.91. The Morgan fingerprint density at radius 2 is 1.75 bits per heavy atom. The summed E-state index contributed by atoms with van der Waals surface area (Å²) in [6.45, 7) is 0. The lowest BCUT2D eigenvalue weighted by molar-refractivity contribution is 0.143.